The van der Waals surface area contributed by atoms with Gasteiger partial charge in [0, 0.05) is 24.1 Å². The second-order valence-corrected chi connectivity index (χ2v) is 4.43. The Hall–Kier alpha value is -2.23. The fraction of sp³-hybridized carbons (Fsp3) is 0.267. The molecule has 0 amide bonds. The van der Waals surface area contributed by atoms with Gasteiger partial charge < -0.3 is 15.0 Å². The first-order chi connectivity index (χ1) is 9.20. The average Bonchev–Trinajstić information content (AvgIpc) is 2.85. The van der Waals surface area contributed by atoms with Gasteiger partial charge >= 0.3 is 5.97 Å². The first kappa shape index (κ1) is 13.2. The van der Waals surface area contributed by atoms with Crippen molar-refractivity contribution in [2.45, 2.75) is 26.4 Å². The summed E-state index contributed by atoms with van der Waals surface area (Å²) >= 11 is 0. The van der Waals surface area contributed by atoms with Gasteiger partial charge in [0.15, 0.2) is 0 Å². The van der Waals surface area contributed by atoms with E-state index in [0.29, 0.717) is 5.56 Å². The molecule has 1 heterocycles. The Morgan fingerprint density at radius 2 is 2.00 bits per heavy atom. The molecule has 0 aliphatic heterocycles. The number of aryl methyl sites for hydroxylation is 1. The maximum Gasteiger partial charge on any atom is 0.335 e. The SMILES string of the molecule is CCCn1cccc1CNc1ccc(C(=O)O)cc1. The van der Waals surface area contributed by atoms with Crippen LogP contribution in [0.2, 0.25) is 0 Å². The number of hydrogen-bond donors (Lipinski definition) is 2. The smallest absolute Gasteiger partial charge is 0.335 e. The van der Waals surface area contributed by atoms with Gasteiger partial charge in [-0.3, -0.25) is 0 Å². The quantitative estimate of drug-likeness (QED) is 0.836. The van der Waals surface area contributed by atoms with E-state index in [9.17, 15) is 4.79 Å². The molecule has 0 radical (unpaired) electrons. The molecule has 1 aromatic carbocycles. The van der Waals surface area contributed by atoms with Crippen LogP contribution in [0.4, 0.5) is 5.69 Å². The van der Waals surface area contributed by atoms with Gasteiger partial charge in [-0.2, -0.15) is 0 Å². The number of benzene rings is 1. The molecule has 2 aromatic rings. The fourth-order valence-electron chi connectivity index (χ4n) is 1.99. The highest BCUT2D eigenvalue weighted by Crippen LogP contribution is 2.12. The number of nitrogens with one attached hydrogen (secondary N) is 1. The number of aromatic carboxylic acids is 1. The normalized spacial score (nSPS) is 10.4. The van der Waals surface area contributed by atoms with Gasteiger partial charge in [0.05, 0.1) is 12.1 Å². The van der Waals surface area contributed by atoms with Crippen molar-refractivity contribution in [1.29, 1.82) is 0 Å². The fourth-order valence-corrected chi connectivity index (χ4v) is 1.99. The third-order valence-electron chi connectivity index (χ3n) is 2.99. The Kier molecular flexibility index (Phi) is 4.23. The van der Waals surface area contributed by atoms with Crippen LogP contribution in [0, 0.1) is 0 Å². The van der Waals surface area contributed by atoms with Crippen molar-refractivity contribution < 1.29 is 9.90 Å². The molecule has 2 rings (SSSR count). The van der Waals surface area contributed by atoms with Crippen LogP contribution in [-0.4, -0.2) is 15.6 Å². The molecule has 0 fully saturated rings. The van der Waals surface area contributed by atoms with Crippen LogP contribution < -0.4 is 5.32 Å². The number of anilines is 1. The van der Waals surface area contributed by atoms with Gasteiger partial charge in [0.25, 0.3) is 0 Å². The largest absolute Gasteiger partial charge is 0.478 e. The van der Waals surface area contributed by atoms with E-state index < -0.39 is 5.97 Å². The Labute approximate surface area is 112 Å². The summed E-state index contributed by atoms with van der Waals surface area (Å²) in [5.41, 5.74) is 2.46. The highest BCUT2D eigenvalue weighted by Gasteiger charge is 2.03. The number of rotatable bonds is 6. The van der Waals surface area contributed by atoms with Gasteiger partial charge in [-0.1, -0.05) is 6.92 Å². The van der Waals surface area contributed by atoms with Crippen molar-refractivity contribution >= 4 is 11.7 Å². The highest BCUT2D eigenvalue weighted by atomic mass is 16.4. The summed E-state index contributed by atoms with van der Waals surface area (Å²) in [6.07, 6.45) is 3.18. The van der Waals surface area contributed by atoms with Crippen LogP contribution in [0.5, 0.6) is 0 Å². The molecule has 0 atom stereocenters. The maximum atomic E-state index is 10.7. The van der Waals surface area contributed by atoms with Gasteiger partial charge in [0.1, 0.15) is 0 Å². The van der Waals surface area contributed by atoms with Crippen LogP contribution in [-0.2, 0) is 13.1 Å². The van der Waals surface area contributed by atoms with Crippen molar-refractivity contribution in [1.82, 2.24) is 4.57 Å². The summed E-state index contributed by atoms with van der Waals surface area (Å²) in [6.45, 7) is 3.91. The standard InChI is InChI=1S/C15H18N2O2/c1-2-9-17-10-3-4-14(17)11-16-13-7-5-12(6-8-13)15(18)19/h3-8,10,16H,2,9,11H2,1H3,(H,18,19). The third-order valence-corrected chi connectivity index (χ3v) is 2.99. The molecule has 4 heteroatoms. The summed E-state index contributed by atoms with van der Waals surface area (Å²) in [5.74, 6) is -0.900. The predicted molar refractivity (Wildman–Crippen MR) is 75.5 cm³/mol. The second kappa shape index (κ2) is 6.09. The lowest BCUT2D eigenvalue weighted by Gasteiger charge is -2.10. The third kappa shape index (κ3) is 3.37. The molecule has 0 unspecified atom stereocenters. The highest BCUT2D eigenvalue weighted by molar-refractivity contribution is 5.87. The van der Waals surface area contributed by atoms with E-state index in [1.807, 2.05) is 6.07 Å². The van der Waals surface area contributed by atoms with E-state index in [2.05, 4.69) is 29.1 Å². The molecule has 0 aliphatic carbocycles. The minimum Gasteiger partial charge on any atom is -0.478 e. The number of aromatic nitrogens is 1. The molecule has 4 nitrogen and oxygen atoms in total. The summed E-state index contributed by atoms with van der Waals surface area (Å²) in [4.78, 5) is 10.7. The molecule has 0 aliphatic rings. The van der Waals surface area contributed by atoms with Crippen molar-refractivity contribution in [2.24, 2.45) is 0 Å². The number of carbonyl (C=O) groups is 1. The monoisotopic (exact) mass is 258 g/mol. The lowest BCUT2D eigenvalue weighted by Crippen LogP contribution is -2.07. The van der Waals surface area contributed by atoms with Crippen molar-refractivity contribution in [3.63, 3.8) is 0 Å². The molecule has 0 saturated carbocycles. The zero-order valence-electron chi connectivity index (χ0n) is 11.0. The van der Waals surface area contributed by atoms with Crippen molar-refractivity contribution in [3.05, 3.63) is 53.9 Å². The second-order valence-electron chi connectivity index (χ2n) is 4.43. The first-order valence-corrected chi connectivity index (χ1v) is 6.42. The van der Waals surface area contributed by atoms with Crippen LogP contribution in [0.25, 0.3) is 0 Å². The number of hydrogen-bond acceptors (Lipinski definition) is 2. The Balaban J connectivity index is 1.98. The van der Waals surface area contributed by atoms with E-state index >= 15 is 0 Å². The average molecular weight is 258 g/mol. The summed E-state index contributed by atoms with van der Waals surface area (Å²) in [7, 11) is 0. The van der Waals surface area contributed by atoms with Crippen LogP contribution in [0.15, 0.2) is 42.6 Å². The maximum absolute atomic E-state index is 10.7. The predicted octanol–water partition coefficient (Wildman–Crippen LogP) is 3.21. The van der Waals surface area contributed by atoms with E-state index in [1.54, 1.807) is 24.3 Å². The van der Waals surface area contributed by atoms with E-state index in [-0.39, 0.29) is 0 Å². The molecule has 0 bridgehead atoms. The van der Waals surface area contributed by atoms with E-state index in [4.69, 9.17) is 5.11 Å². The summed E-state index contributed by atoms with van der Waals surface area (Å²) in [5, 5.41) is 12.1. The zero-order valence-corrected chi connectivity index (χ0v) is 11.0. The van der Waals surface area contributed by atoms with Crippen LogP contribution >= 0.6 is 0 Å². The lowest BCUT2D eigenvalue weighted by molar-refractivity contribution is 0.0697. The Bertz CT molecular complexity index is 544. The molecular formula is C15H18N2O2. The summed E-state index contributed by atoms with van der Waals surface area (Å²) in [6, 6.07) is 10.9. The minimum absolute atomic E-state index is 0.305. The van der Waals surface area contributed by atoms with Gasteiger partial charge in [-0.15, -0.1) is 0 Å². The number of carboxylic acids is 1. The van der Waals surface area contributed by atoms with Crippen molar-refractivity contribution in [2.75, 3.05) is 5.32 Å². The van der Waals surface area contributed by atoms with Crippen LogP contribution in [0.1, 0.15) is 29.4 Å². The van der Waals surface area contributed by atoms with Gasteiger partial charge in [-0.05, 0) is 42.8 Å². The Morgan fingerprint density at radius 3 is 2.63 bits per heavy atom. The molecular weight excluding hydrogens is 240 g/mol. The van der Waals surface area contributed by atoms with Crippen LogP contribution in [0.3, 0.4) is 0 Å². The summed E-state index contributed by atoms with van der Waals surface area (Å²) < 4.78 is 2.22. The van der Waals surface area contributed by atoms with E-state index in [1.165, 1.54) is 5.69 Å². The topological polar surface area (TPSA) is 54.3 Å². The Morgan fingerprint density at radius 1 is 1.26 bits per heavy atom. The molecule has 0 spiro atoms. The number of carboxylic acid groups (broad SMARTS) is 1. The lowest BCUT2D eigenvalue weighted by atomic mass is 10.2. The van der Waals surface area contributed by atoms with Crippen molar-refractivity contribution in [3.8, 4) is 0 Å². The van der Waals surface area contributed by atoms with E-state index in [0.717, 1.165) is 25.2 Å². The molecule has 2 N–H and O–H groups in total. The molecule has 0 saturated heterocycles. The van der Waals surface area contributed by atoms with Gasteiger partial charge in [-0.25, -0.2) is 4.79 Å². The molecule has 19 heavy (non-hydrogen) atoms. The zero-order chi connectivity index (χ0) is 13.7. The molecule has 100 valence electrons. The van der Waals surface area contributed by atoms with Gasteiger partial charge in [0.2, 0.25) is 0 Å². The number of nitrogens with zero attached hydrogens (tertiary/aromatic N) is 1. The molecule has 1 aromatic heterocycles. The first-order valence-electron chi connectivity index (χ1n) is 6.42. The minimum atomic E-state index is -0.900.